The minimum absolute atomic E-state index is 0.111. The zero-order valence-corrected chi connectivity index (χ0v) is 27.4. The van der Waals surface area contributed by atoms with Gasteiger partial charge in [-0.2, -0.15) is 0 Å². The first-order valence-corrected chi connectivity index (χ1v) is 16.6. The van der Waals surface area contributed by atoms with E-state index in [1.54, 1.807) is 0 Å². The van der Waals surface area contributed by atoms with E-state index >= 15 is 0 Å². The SMILES string of the molecule is C=C/C=C\c1c(C)oc2ccc(N(c3ccc4c(c3)C(C)(C)c3ccccc3-4)c3ccc4c5ccccc5c5ccccc5c4c3)cc12. The zero-order chi connectivity index (χ0) is 32.6. The van der Waals surface area contributed by atoms with Crippen molar-refractivity contribution in [3.8, 4) is 11.1 Å². The average Bonchev–Trinajstić information content (AvgIpc) is 3.56. The maximum atomic E-state index is 6.21. The summed E-state index contributed by atoms with van der Waals surface area (Å²) >= 11 is 0. The molecule has 0 atom stereocenters. The number of fused-ring (bicyclic) bond motifs is 10. The van der Waals surface area contributed by atoms with Gasteiger partial charge in [0.15, 0.2) is 0 Å². The van der Waals surface area contributed by atoms with Crippen molar-refractivity contribution >= 4 is 66.4 Å². The van der Waals surface area contributed by atoms with Gasteiger partial charge in [0, 0.05) is 33.4 Å². The lowest BCUT2D eigenvalue weighted by molar-refractivity contribution is 0.577. The molecule has 0 unspecified atom stereocenters. The molecule has 9 rings (SSSR count). The Hall–Kier alpha value is -5.86. The third-order valence-corrected chi connectivity index (χ3v) is 10.4. The van der Waals surface area contributed by atoms with Crippen molar-refractivity contribution in [1.29, 1.82) is 0 Å². The molecule has 2 nitrogen and oxygen atoms in total. The second-order valence-corrected chi connectivity index (χ2v) is 13.4. The van der Waals surface area contributed by atoms with E-state index in [1.165, 1.54) is 54.6 Å². The van der Waals surface area contributed by atoms with Crippen LogP contribution in [0.4, 0.5) is 17.1 Å². The molecule has 2 heteroatoms. The van der Waals surface area contributed by atoms with Crippen LogP contribution >= 0.6 is 0 Å². The summed E-state index contributed by atoms with van der Waals surface area (Å²) in [6, 6.07) is 46.9. The van der Waals surface area contributed by atoms with E-state index in [-0.39, 0.29) is 5.41 Å². The van der Waals surface area contributed by atoms with Gasteiger partial charge in [-0.05, 0) is 104 Å². The number of hydrogen-bond donors (Lipinski definition) is 0. The first-order valence-electron chi connectivity index (χ1n) is 16.6. The van der Waals surface area contributed by atoms with Gasteiger partial charge < -0.3 is 9.32 Å². The minimum Gasteiger partial charge on any atom is -0.461 e. The van der Waals surface area contributed by atoms with E-state index in [0.29, 0.717) is 0 Å². The van der Waals surface area contributed by atoms with Crippen LogP contribution in [0.25, 0.3) is 60.5 Å². The van der Waals surface area contributed by atoms with Crippen LogP contribution in [0, 0.1) is 6.92 Å². The Morgan fingerprint density at radius 1 is 0.562 bits per heavy atom. The predicted molar refractivity (Wildman–Crippen MR) is 205 cm³/mol. The third-order valence-electron chi connectivity index (χ3n) is 10.4. The fourth-order valence-corrected chi connectivity index (χ4v) is 8.05. The van der Waals surface area contributed by atoms with Crippen molar-refractivity contribution in [3.05, 3.63) is 169 Å². The number of hydrogen-bond acceptors (Lipinski definition) is 2. The van der Waals surface area contributed by atoms with Crippen molar-refractivity contribution in [2.45, 2.75) is 26.2 Å². The molecule has 0 radical (unpaired) electrons. The quantitative estimate of drug-likeness (QED) is 0.141. The maximum absolute atomic E-state index is 6.21. The summed E-state index contributed by atoms with van der Waals surface area (Å²) < 4.78 is 6.21. The van der Waals surface area contributed by atoms with E-state index in [4.69, 9.17) is 4.42 Å². The molecule has 0 saturated heterocycles. The normalized spacial score (nSPS) is 13.5. The number of furan rings is 1. The van der Waals surface area contributed by atoms with Crippen LogP contribution in [-0.4, -0.2) is 0 Å². The second-order valence-electron chi connectivity index (χ2n) is 13.4. The summed E-state index contributed by atoms with van der Waals surface area (Å²) in [5.41, 5.74) is 10.5. The molecule has 1 aliphatic rings. The number of allylic oxidation sites excluding steroid dienone is 2. The van der Waals surface area contributed by atoms with Gasteiger partial charge in [-0.25, -0.2) is 0 Å². The van der Waals surface area contributed by atoms with Crippen molar-refractivity contribution < 1.29 is 4.42 Å². The highest BCUT2D eigenvalue weighted by atomic mass is 16.3. The minimum atomic E-state index is -0.111. The first-order chi connectivity index (χ1) is 23.4. The topological polar surface area (TPSA) is 16.4 Å². The lowest BCUT2D eigenvalue weighted by Crippen LogP contribution is -2.16. The summed E-state index contributed by atoms with van der Waals surface area (Å²) in [6.45, 7) is 10.6. The van der Waals surface area contributed by atoms with Crippen LogP contribution in [0.2, 0.25) is 0 Å². The number of rotatable bonds is 5. The smallest absolute Gasteiger partial charge is 0.135 e. The van der Waals surface area contributed by atoms with Gasteiger partial charge in [0.2, 0.25) is 0 Å². The highest BCUT2D eigenvalue weighted by Gasteiger charge is 2.35. The molecular weight excluding hydrogens is 583 g/mol. The summed E-state index contributed by atoms with van der Waals surface area (Å²) in [5, 5.41) is 8.68. The largest absolute Gasteiger partial charge is 0.461 e. The molecule has 0 fully saturated rings. The summed E-state index contributed by atoms with van der Waals surface area (Å²) in [5.74, 6) is 0.896. The monoisotopic (exact) mass is 617 g/mol. The third kappa shape index (κ3) is 4.12. The number of aryl methyl sites for hydroxylation is 1. The molecule has 0 bridgehead atoms. The molecule has 1 aliphatic carbocycles. The summed E-state index contributed by atoms with van der Waals surface area (Å²) in [6.07, 6.45) is 5.87. The Bertz CT molecular complexity index is 2600. The lowest BCUT2D eigenvalue weighted by Gasteiger charge is -2.28. The van der Waals surface area contributed by atoms with Gasteiger partial charge >= 0.3 is 0 Å². The van der Waals surface area contributed by atoms with E-state index in [2.05, 4.69) is 159 Å². The Morgan fingerprint density at radius 2 is 1.10 bits per heavy atom. The highest BCUT2D eigenvalue weighted by molar-refractivity contribution is 6.25. The van der Waals surface area contributed by atoms with Gasteiger partial charge in [-0.3, -0.25) is 0 Å². The standard InChI is InChI=1S/C46H35NO/c1-5-6-13-33-29(2)48-45-25-22-31(27-42(33)45)47(32-21-24-40-39-18-11-12-19-43(39)46(3,4)44(40)28-32)30-20-23-38-36-16-8-7-14-34(36)35-15-9-10-17-37(35)41(38)26-30/h5-28H,1H2,2-4H3/b13-6-. The molecular formula is C46H35NO. The van der Waals surface area contributed by atoms with E-state index in [1.807, 2.05) is 19.1 Å². The van der Waals surface area contributed by atoms with Crippen molar-refractivity contribution in [2.24, 2.45) is 0 Å². The Labute approximate surface area is 280 Å². The van der Waals surface area contributed by atoms with Gasteiger partial charge in [0.25, 0.3) is 0 Å². The van der Waals surface area contributed by atoms with Crippen LogP contribution in [0.5, 0.6) is 0 Å². The average molecular weight is 618 g/mol. The summed E-state index contributed by atoms with van der Waals surface area (Å²) in [4.78, 5) is 2.41. The Morgan fingerprint density at radius 3 is 1.81 bits per heavy atom. The van der Waals surface area contributed by atoms with Gasteiger partial charge in [0.1, 0.15) is 11.3 Å². The summed E-state index contributed by atoms with van der Waals surface area (Å²) in [7, 11) is 0. The molecule has 8 aromatic rings. The van der Waals surface area contributed by atoms with Crippen LogP contribution < -0.4 is 4.90 Å². The number of anilines is 3. The Kier molecular flexibility index (Phi) is 6.26. The molecule has 0 N–H and O–H groups in total. The van der Waals surface area contributed by atoms with Gasteiger partial charge in [-0.15, -0.1) is 0 Å². The van der Waals surface area contributed by atoms with E-state index in [0.717, 1.165) is 39.4 Å². The van der Waals surface area contributed by atoms with Crippen molar-refractivity contribution in [3.63, 3.8) is 0 Å². The van der Waals surface area contributed by atoms with Crippen molar-refractivity contribution in [2.75, 3.05) is 4.90 Å². The highest BCUT2D eigenvalue weighted by Crippen LogP contribution is 2.51. The second kappa shape index (κ2) is 10.6. The van der Waals surface area contributed by atoms with Gasteiger partial charge in [0.05, 0.1) is 0 Å². The van der Waals surface area contributed by atoms with Crippen LogP contribution in [-0.2, 0) is 5.41 Å². The molecule has 1 aromatic heterocycles. The lowest BCUT2D eigenvalue weighted by atomic mass is 9.82. The molecule has 0 saturated carbocycles. The molecule has 230 valence electrons. The predicted octanol–water partition coefficient (Wildman–Crippen LogP) is 13.2. The van der Waals surface area contributed by atoms with E-state index < -0.39 is 0 Å². The Balaban J connectivity index is 1.32. The van der Waals surface area contributed by atoms with Crippen molar-refractivity contribution in [1.82, 2.24) is 0 Å². The van der Waals surface area contributed by atoms with Crippen LogP contribution in [0.1, 0.15) is 36.3 Å². The molecule has 0 amide bonds. The molecule has 7 aromatic carbocycles. The molecule has 0 aliphatic heterocycles. The zero-order valence-electron chi connectivity index (χ0n) is 27.4. The molecule has 0 spiro atoms. The fourth-order valence-electron chi connectivity index (χ4n) is 8.05. The first kappa shape index (κ1) is 28.4. The van der Waals surface area contributed by atoms with Gasteiger partial charge in [-0.1, -0.05) is 124 Å². The van der Waals surface area contributed by atoms with Crippen LogP contribution in [0.3, 0.4) is 0 Å². The van der Waals surface area contributed by atoms with E-state index in [9.17, 15) is 0 Å². The maximum Gasteiger partial charge on any atom is 0.135 e. The number of benzene rings is 7. The van der Waals surface area contributed by atoms with Crippen LogP contribution in [0.15, 0.2) is 151 Å². The number of nitrogens with zero attached hydrogens (tertiary/aromatic N) is 1. The molecule has 1 heterocycles. The molecule has 48 heavy (non-hydrogen) atoms. The fraction of sp³-hybridized carbons (Fsp3) is 0.0870.